The van der Waals surface area contributed by atoms with Crippen LogP contribution in [0.1, 0.15) is 118 Å². The van der Waals surface area contributed by atoms with Crippen LogP contribution >= 0.6 is 46.4 Å². The number of aromatic hydroxyl groups is 3. The van der Waals surface area contributed by atoms with E-state index in [0.717, 1.165) is 60.7 Å². The van der Waals surface area contributed by atoms with Crippen LogP contribution in [0.5, 0.6) is 46.0 Å². The Morgan fingerprint density at radius 3 is 1.99 bits per heavy atom. The average molecular weight is 1820 g/mol. The number of benzene rings is 6. The number of fused-ring (bicyclic) bond motifs is 15. The molecule has 18 atom stereocenters. The van der Waals surface area contributed by atoms with Gasteiger partial charge in [-0.25, -0.2) is 10.2 Å². The number of amides is 9. The van der Waals surface area contributed by atoms with Crippen molar-refractivity contribution in [1.29, 1.82) is 0 Å². The topological polar surface area (TPSA) is 584 Å². The molecule has 9 amide bonds. The molecule has 0 aliphatic carbocycles. The van der Waals surface area contributed by atoms with E-state index in [0.29, 0.717) is 10.6 Å². The lowest BCUT2D eigenvalue weighted by atomic mass is 9.85. The van der Waals surface area contributed by atoms with E-state index in [1.807, 2.05) is 13.8 Å². The van der Waals surface area contributed by atoms with Gasteiger partial charge in [-0.05, 0) is 139 Å². The molecule has 22 N–H and O–H groups in total. The normalized spacial score (nSPS) is 25.9. The summed E-state index contributed by atoms with van der Waals surface area (Å²) in [5.41, 5.74) is 6.65. The fraction of sp³-hybridized carbons (Fsp3) is 0.402. The number of hydrogen-bond donors (Lipinski definition) is 21. The number of aromatic nitrogens is 2. The first-order valence-electron chi connectivity index (χ1n) is 39.4. The molecule has 1 aromatic heterocycles. The van der Waals surface area contributed by atoms with Gasteiger partial charge < -0.3 is 128 Å². The molecular weight excluding hydrogens is 1720 g/mol. The highest BCUT2D eigenvalue weighted by molar-refractivity contribution is 6.42. The maximum absolute atomic E-state index is 16.3. The van der Waals surface area contributed by atoms with Crippen LogP contribution < -0.4 is 84.3 Å². The van der Waals surface area contributed by atoms with Gasteiger partial charge in [0.25, 0.3) is 5.91 Å². The van der Waals surface area contributed by atoms with Crippen molar-refractivity contribution in [2.24, 2.45) is 11.7 Å². The van der Waals surface area contributed by atoms with Crippen molar-refractivity contribution in [2.45, 2.75) is 176 Å². The number of halogens is 4. The molecule has 43 heteroatoms. The zero-order chi connectivity index (χ0) is 90.5. The summed E-state index contributed by atoms with van der Waals surface area (Å²) in [6.45, 7) is 7.31. The third kappa shape index (κ3) is 21.2. The van der Waals surface area contributed by atoms with Crippen LogP contribution in [0, 0.1) is 5.92 Å². The lowest BCUT2D eigenvalue weighted by Gasteiger charge is -2.48. The number of carbonyl (C=O) groups excluding carboxylic acids is 9. The van der Waals surface area contributed by atoms with E-state index in [2.05, 4.69) is 63.7 Å². The van der Waals surface area contributed by atoms with Crippen LogP contribution in [0.25, 0.3) is 11.1 Å². The Morgan fingerprint density at radius 2 is 1.36 bits per heavy atom. The Hall–Kier alpha value is -11.1. The molecule has 125 heavy (non-hydrogen) atoms. The van der Waals surface area contributed by atoms with Gasteiger partial charge in [-0.15, -0.1) is 0 Å². The standard InChI is InChI=1S/C82H92Cl4N14O25/c1-7-90-99-79(118)63-42-28-40(102)29-50(104)60(42)41-23-36(9-13-49(41)103)61-75(114)98-65(78(117)96-63)67(108)38-11-15-52(46(86)25-38)122-54-27-39-26-53(121-51-14-10-37(24-45(51)85)66(107)64(97-73(112)47(88-6)20-33(2)3)77(116)91-48(30-56(87)105)74(113)94-62(39)76(115)95-61)70(54)125-80-71(69(110)68(109)55(32-101)123-80)124-59-31-82(5,72(111)34(4)120-59)89-17-19-100-18-16-57(93-81(100)119)92-58(106)22-35-8-12-43(83)44(84)21-35/h8-16,18,21,23-29,33-34,47-48,55,59,61-69,71-72,80,88-90,101-104,107-111H,7,17,19-20,22,30-32H2,1-6H3,(H2,87,105)(H,91,116)(H,94,113)(H,95,115)(H,96,117)(H,97,112)(H,98,114)(H,99,118)(H,92,93,106,119)/t34?,47?,48?,55?,59?,61?,62?,63-,64?,65?,66?,67?,68?,69?,71?,72?,80?,82-/m1/s1. The third-order valence-electron chi connectivity index (χ3n) is 21.5. The lowest BCUT2D eigenvalue weighted by Crippen LogP contribution is -2.65. The summed E-state index contributed by atoms with van der Waals surface area (Å²) in [6, 6.07) is 5.90. The van der Waals surface area contributed by atoms with E-state index in [9.17, 15) is 69.9 Å². The second-order valence-corrected chi connectivity index (χ2v) is 32.6. The first-order chi connectivity index (χ1) is 59.3. The van der Waals surface area contributed by atoms with E-state index in [-0.39, 0.29) is 78.1 Å². The first-order valence-corrected chi connectivity index (χ1v) is 40.9. The van der Waals surface area contributed by atoms with Gasteiger partial charge in [0, 0.05) is 55.0 Å². The maximum Gasteiger partial charge on any atom is 0.349 e. The first kappa shape index (κ1) is 93.1. The highest BCUT2D eigenvalue weighted by Crippen LogP contribution is 2.50. The van der Waals surface area contributed by atoms with Crippen molar-refractivity contribution in [2.75, 3.05) is 32.1 Å². The molecule has 2 fully saturated rings. The summed E-state index contributed by atoms with van der Waals surface area (Å²) in [5, 5.41) is 130. The summed E-state index contributed by atoms with van der Waals surface area (Å²) in [4.78, 5) is 150. The molecule has 11 bridgehead atoms. The summed E-state index contributed by atoms with van der Waals surface area (Å²) in [5.74, 6) is -15.8. The van der Waals surface area contributed by atoms with Crippen LogP contribution in [0.15, 0.2) is 114 Å². The van der Waals surface area contributed by atoms with Gasteiger partial charge in [-0.2, -0.15) is 4.98 Å². The molecular formula is C82H92Cl4N14O25. The molecule has 0 spiro atoms. The molecule has 8 heterocycles. The number of nitrogens with one attached hydrogen (secondary N) is 11. The Balaban J connectivity index is 0.998. The smallest absolute Gasteiger partial charge is 0.349 e. The van der Waals surface area contributed by atoms with Crippen LogP contribution in [-0.2, 0) is 70.3 Å². The number of hydrazine groups is 1. The summed E-state index contributed by atoms with van der Waals surface area (Å²) < 4.78 is 40.7. The summed E-state index contributed by atoms with van der Waals surface area (Å²) >= 11 is 26.5. The Morgan fingerprint density at radius 1 is 0.704 bits per heavy atom. The van der Waals surface area contributed by atoms with Crippen LogP contribution in [0.2, 0.25) is 20.1 Å². The van der Waals surface area contributed by atoms with E-state index in [4.69, 9.17) is 80.6 Å². The number of aliphatic hydroxyl groups is 6. The monoisotopic (exact) mass is 1810 g/mol. The number of aliphatic hydroxyl groups excluding tert-OH is 6. The SMILES string of the molecule is CCNNC(=O)[C@@H]1NC(=O)C2NC(=O)C(NC(=O)C3NC(=O)C(CC(N)=O)NC(=O)C(NC(=O)C(CC(C)C)NC)C(O)c4ccc(c(Cl)c4)Oc4cc3cc(c4OC3OC(CO)C(O)C(O)C3OC3C[C@@](C)(NCCn4ccc(NC(=O)Cc5ccc(Cl)c(Cl)c5)nc4=O)C(O)C(C)O3)Oc3ccc(cc3Cl)C2O)c2ccc(O)c(c2)-c2c(O)cc(O)cc21. The predicted octanol–water partition coefficient (Wildman–Crippen LogP) is 2.04. The Bertz CT molecular complexity index is 5370. The largest absolute Gasteiger partial charge is 0.508 e. The van der Waals surface area contributed by atoms with Gasteiger partial charge in [0.1, 0.15) is 101 Å². The van der Waals surface area contributed by atoms with E-state index >= 15 is 24.0 Å². The number of likely N-dealkylation sites (N-methyl/N-ethyl adjacent to an activating group) is 1. The lowest BCUT2D eigenvalue weighted by molar-refractivity contribution is -0.334. The van der Waals surface area contributed by atoms with Crippen LogP contribution in [0.3, 0.4) is 0 Å². The third-order valence-corrected chi connectivity index (χ3v) is 22.8. The van der Waals surface area contributed by atoms with Gasteiger partial charge in [-0.1, -0.05) is 91.4 Å². The molecule has 7 aliphatic rings. The molecule has 0 saturated carbocycles. The number of phenolic OH excluding ortho intramolecular Hbond substituents is 3. The second kappa shape index (κ2) is 39.6. The number of ether oxygens (including phenoxy) is 6. The molecule has 7 aromatic rings. The number of anilines is 1. The molecule has 668 valence electrons. The van der Waals surface area contributed by atoms with E-state index in [1.54, 1.807) is 19.9 Å². The zero-order valence-corrected chi connectivity index (χ0v) is 70.5. The van der Waals surface area contributed by atoms with E-state index < -0.39 is 254 Å². The molecule has 16 unspecified atom stereocenters. The van der Waals surface area contributed by atoms with Gasteiger partial charge in [0.15, 0.2) is 23.9 Å². The minimum absolute atomic E-state index is 0.0378. The number of nitrogens with two attached hydrogens (primary N) is 1. The fourth-order valence-corrected chi connectivity index (χ4v) is 15.8. The summed E-state index contributed by atoms with van der Waals surface area (Å²) in [7, 11) is 1.47. The molecule has 14 rings (SSSR count). The van der Waals surface area contributed by atoms with Crippen LogP contribution in [-0.4, -0.2) is 214 Å². The number of rotatable bonds is 22. The molecule has 6 aromatic carbocycles. The van der Waals surface area contributed by atoms with Crippen molar-refractivity contribution in [3.8, 4) is 57.1 Å². The number of nitrogens with zero attached hydrogens (tertiary/aromatic N) is 2. The molecule has 2 saturated heterocycles. The van der Waals surface area contributed by atoms with Gasteiger partial charge in [-0.3, -0.25) is 53.1 Å². The van der Waals surface area contributed by atoms with Crippen molar-refractivity contribution in [1.82, 2.24) is 62.9 Å². The maximum atomic E-state index is 16.3. The Labute approximate surface area is 732 Å². The minimum atomic E-state index is -2.38. The quantitative estimate of drug-likeness (QED) is 0.0432. The Kier molecular flexibility index (Phi) is 29.5. The summed E-state index contributed by atoms with van der Waals surface area (Å²) in [6.07, 6.45) is -18.2. The second-order valence-electron chi connectivity index (χ2n) is 31.0. The van der Waals surface area contributed by atoms with Crippen molar-refractivity contribution in [3.05, 3.63) is 173 Å². The van der Waals surface area contributed by atoms with Crippen molar-refractivity contribution >= 4 is 105 Å². The predicted molar refractivity (Wildman–Crippen MR) is 445 cm³/mol. The molecule has 39 nitrogen and oxygen atoms in total. The van der Waals surface area contributed by atoms with Crippen molar-refractivity contribution < 1.29 is 118 Å². The number of hydrogen-bond acceptors (Lipinski definition) is 29. The average Bonchev–Trinajstić information content (AvgIpc) is 0.767. The molecule has 0 radical (unpaired) electrons. The highest BCUT2D eigenvalue weighted by Gasteiger charge is 2.52. The highest BCUT2D eigenvalue weighted by atomic mass is 35.5. The van der Waals surface area contributed by atoms with Gasteiger partial charge >= 0.3 is 5.69 Å². The number of primary amides is 1. The zero-order valence-electron chi connectivity index (χ0n) is 67.5. The fourth-order valence-electron chi connectivity index (χ4n) is 15.1. The van der Waals surface area contributed by atoms with Gasteiger partial charge in [0.05, 0.1) is 57.8 Å². The van der Waals surface area contributed by atoms with Crippen molar-refractivity contribution in [3.63, 3.8) is 0 Å². The minimum Gasteiger partial charge on any atom is -0.508 e. The number of phenols is 3. The van der Waals surface area contributed by atoms with E-state index in [1.165, 1.54) is 61.1 Å². The van der Waals surface area contributed by atoms with Gasteiger partial charge in [0.2, 0.25) is 59.3 Å². The number of carbonyl (C=O) groups is 9. The molecule has 7 aliphatic heterocycles. The van der Waals surface area contributed by atoms with Crippen LogP contribution in [0.4, 0.5) is 5.82 Å².